The number of nitrogens with one attached hydrogen (secondary N) is 2. The number of nitrogens with zero attached hydrogens (tertiary/aromatic N) is 7. The third-order valence-corrected chi connectivity index (χ3v) is 5.64. The van der Waals surface area contributed by atoms with Crippen LogP contribution in [0.4, 0.5) is 19.0 Å². The van der Waals surface area contributed by atoms with E-state index >= 15 is 0 Å². The Kier molecular flexibility index (Phi) is 4.81. The number of imidazole rings is 1. The Labute approximate surface area is 180 Å². The second-order valence-electron chi connectivity index (χ2n) is 7.85. The number of anilines is 1. The van der Waals surface area contributed by atoms with Crippen LogP contribution in [0.15, 0.2) is 43.2 Å². The van der Waals surface area contributed by atoms with Crippen LogP contribution in [-0.4, -0.2) is 53.2 Å². The van der Waals surface area contributed by atoms with Crippen molar-refractivity contribution in [2.45, 2.75) is 38.1 Å². The van der Waals surface area contributed by atoms with Gasteiger partial charge < -0.3 is 10.2 Å². The molecule has 5 heterocycles. The topological polar surface area (TPSA) is 99.9 Å². The average molecular weight is 443 g/mol. The van der Waals surface area contributed by atoms with Gasteiger partial charge in [0.15, 0.2) is 17.2 Å². The summed E-state index contributed by atoms with van der Waals surface area (Å²) in [6, 6.07) is 2.07. The van der Waals surface area contributed by atoms with E-state index in [2.05, 4.69) is 54.2 Å². The van der Waals surface area contributed by atoms with Gasteiger partial charge in [0.25, 0.3) is 0 Å². The first-order chi connectivity index (χ1) is 15.3. The van der Waals surface area contributed by atoms with Crippen LogP contribution in [0.2, 0.25) is 0 Å². The van der Waals surface area contributed by atoms with Crippen molar-refractivity contribution in [1.29, 1.82) is 0 Å². The molecule has 166 valence electrons. The molecule has 0 aliphatic carbocycles. The summed E-state index contributed by atoms with van der Waals surface area (Å²) in [5.74, 6) is 0.969. The number of hydrogen-bond acceptors (Lipinski definition) is 7. The maximum absolute atomic E-state index is 13.1. The Morgan fingerprint density at radius 1 is 1.09 bits per heavy atom. The van der Waals surface area contributed by atoms with E-state index in [0.29, 0.717) is 18.1 Å². The third-order valence-electron chi connectivity index (χ3n) is 5.64. The van der Waals surface area contributed by atoms with Crippen LogP contribution in [0, 0.1) is 0 Å². The van der Waals surface area contributed by atoms with Crippen LogP contribution < -0.4 is 10.2 Å². The summed E-state index contributed by atoms with van der Waals surface area (Å²) >= 11 is 0. The Morgan fingerprint density at radius 3 is 2.69 bits per heavy atom. The Morgan fingerprint density at radius 2 is 1.94 bits per heavy atom. The lowest BCUT2D eigenvalue weighted by Crippen LogP contribution is -2.56. The number of piperazine rings is 1. The second-order valence-corrected chi connectivity index (χ2v) is 7.85. The molecule has 0 aromatic carbocycles. The highest BCUT2D eigenvalue weighted by molar-refractivity contribution is 5.58. The van der Waals surface area contributed by atoms with Crippen molar-refractivity contribution >= 4 is 11.5 Å². The van der Waals surface area contributed by atoms with Gasteiger partial charge >= 0.3 is 6.18 Å². The maximum Gasteiger partial charge on any atom is 0.434 e. The predicted octanol–water partition coefficient (Wildman–Crippen LogP) is 2.86. The van der Waals surface area contributed by atoms with Crippen molar-refractivity contribution in [1.82, 2.24) is 39.9 Å². The first kappa shape index (κ1) is 20.4. The molecule has 2 N–H and O–H groups in total. The molecule has 9 nitrogen and oxygen atoms in total. The zero-order valence-corrected chi connectivity index (χ0v) is 17.2. The maximum atomic E-state index is 13.1. The minimum atomic E-state index is -4.56. The van der Waals surface area contributed by atoms with Crippen LogP contribution in [0.25, 0.3) is 17.2 Å². The fraction of sp³-hybridized carbons (Fsp3) is 0.350. The van der Waals surface area contributed by atoms with E-state index in [1.807, 2.05) is 6.20 Å². The van der Waals surface area contributed by atoms with E-state index < -0.39 is 11.9 Å². The summed E-state index contributed by atoms with van der Waals surface area (Å²) in [4.78, 5) is 18.8. The lowest BCUT2D eigenvalue weighted by Gasteiger charge is -2.43. The summed E-state index contributed by atoms with van der Waals surface area (Å²) in [5.41, 5.74) is 0.674. The van der Waals surface area contributed by atoms with Gasteiger partial charge in [0, 0.05) is 42.8 Å². The van der Waals surface area contributed by atoms with E-state index in [-0.39, 0.29) is 29.6 Å². The molecule has 4 aromatic rings. The van der Waals surface area contributed by atoms with Gasteiger partial charge in [0.2, 0.25) is 0 Å². The van der Waals surface area contributed by atoms with Gasteiger partial charge in [0.05, 0.1) is 24.6 Å². The number of alkyl halides is 3. The number of halogens is 3. The molecule has 0 amide bonds. The number of rotatable bonds is 3. The molecule has 4 aromatic heterocycles. The summed E-state index contributed by atoms with van der Waals surface area (Å²) in [7, 11) is 0. The Bertz CT molecular complexity index is 1230. The monoisotopic (exact) mass is 443 g/mol. The number of fused-ring (bicyclic) bond motifs is 1. The number of hydrogen-bond donors (Lipinski definition) is 2. The summed E-state index contributed by atoms with van der Waals surface area (Å²) < 4.78 is 40.8. The lowest BCUT2D eigenvalue weighted by molar-refractivity contribution is -0.141. The second kappa shape index (κ2) is 7.55. The molecule has 0 saturated carbocycles. The number of H-pyrrole nitrogens is 1. The van der Waals surface area contributed by atoms with E-state index in [9.17, 15) is 13.2 Å². The van der Waals surface area contributed by atoms with Gasteiger partial charge in [-0.1, -0.05) is 0 Å². The van der Waals surface area contributed by atoms with Gasteiger partial charge in [-0.2, -0.15) is 18.3 Å². The smallest absolute Gasteiger partial charge is 0.350 e. The van der Waals surface area contributed by atoms with E-state index in [0.717, 1.165) is 18.0 Å². The molecule has 1 fully saturated rings. The van der Waals surface area contributed by atoms with Crippen molar-refractivity contribution in [3.05, 3.63) is 54.5 Å². The van der Waals surface area contributed by atoms with Crippen molar-refractivity contribution in [2.75, 3.05) is 11.4 Å². The fourth-order valence-electron chi connectivity index (χ4n) is 4.08. The normalized spacial score (nSPS) is 21.9. The first-order valence-corrected chi connectivity index (χ1v) is 10.1. The number of aromatic nitrogens is 7. The lowest BCUT2D eigenvalue weighted by atomic mass is 9.97. The molecule has 5 rings (SSSR count). The minimum absolute atomic E-state index is 0.0344. The standard InChI is InChI=1S/C20H20F3N9/c1-11-9-31(12(2)18(29-11)13-5-27-28-6-13)16-3-4-24-19(30-16)14-7-26-17-8-25-15(10-32(14)17)20(21,22)23/h3-8,10-12,18,29H,9H2,1-2H3,(H,27,28)/t11-,12-,18-/m0/s1. The van der Waals surface area contributed by atoms with Crippen LogP contribution >= 0.6 is 0 Å². The third kappa shape index (κ3) is 3.55. The van der Waals surface area contributed by atoms with Gasteiger partial charge in [-0.25, -0.2) is 19.9 Å². The molecule has 0 spiro atoms. The molecular formula is C20H20F3N9. The fourth-order valence-corrected chi connectivity index (χ4v) is 4.08. The Balaban J connectivity index is 1.52. The first-order valence-electron chi connectivity index (χ1n) is 10.1. The van der Waals surface area contributed by atoms with Crippen LogP contribution in [0.1, 0.15) is 31.1 Å². The zero-order valence-electron chi connectivity index (χ0n) is 17.2. The summed E-state index contributed by atoms with van der Waals surface area (Å²) in [6.07, 6.45) is 4.15. The molecule has 3 atom stereocenters. The molecule has 0 unspecified atom stereocenters. The highest BCUT2D eigenvalue weighted by atomic mass is 19.4. The highest BCUT2D eigenvalue weighted by Crippen LogP contribution is 2.31. The molecule has 12 heteroatoms. The van der Waals surface area contributed by atoms with Crippen molar-refractivity contribution in [2.24, 2.45) is 0 Å². The van der Waals surface area contributed by atoms with Gasteiger partial charge in [-0.3, -0.25) is 9.50 Å². The SMILES string of the molecule is C[C@H]1CN(c2ccnc(-c3cnc4cnc(C(F)(F)F)cn34)n2)[C@@H](C)[C@@H](c2cn[nH]c2)N1. The molecule has 0 bridgehead atoms. The van der Waals surface area contributed by atoms with Crippen molar-refractivity contribution in [3.8, 4) is 11.5 Å². The van der Waals surface area contributed by atoms with Crippen LogP contribution in [0.3, 0.4) is 0 Å². The summed E-state index contributed by atoms with van der Waals surface area (Å²) in [6.45, 7) is 4.89. The molecule has 0 radical (unpaired) electrons. The van der Waals surface area contributed by atoms with Gasteiger partial charge in [-0.05, 0) is 19.9 Å². The van der Waals surface area contributed by atoms with Crippen LogP contribution in [-0.2, 0) is 6.18 Å². The summed E-state index contributed by atoms with van der Waals surface area (Å²) in [5, 5.41) is 10.5. The van der Waals surface area contributed by atoms with Crippen molar-refractivity contribution < 1.29 is 13.2 Å². The molecule has 1 aliphatic rings. The zero-order chi connectivity index (χ0) is 22.5. The van der Waals surface area contributed by atoms with Gasteiger partial charge in [0.1, 0.15) is 11.5 Å². The predicted molar refractivity (Wildman–Crippen MR) is 110 cm³/mol. The van der Waals surface area contributed by atoms with Crippen molar-refractivity contribution in [3.63, 3.8) is 0 Å². The largest absolute Gasteiger partial charge is 0.434 e. The molecule has 32 heavy (non-hydrogen) atoms. The van der Waals surface area contributed by atoms with Crippen LogP contribution in [0.5, 0.6) is 0 Å². The van der Waals surface area contributed by atoms with E-state index in [1.165, 1.54) is 10.6 Å². The average Bonchev–Trinajstić information content (AvgIpc) is 3.44. The van der Waals surface area contributed by atoms with E-state index in [1.54, 1.807) is 18.5 Å². The van der Waals surface area contributed by atoms with E-state index in [4.69, 9.17) is 0 Å². The van der Waals surface area contributed by atoms with Gasteiger partial charge in [-0.15, -0.1) is 0 Å². The minimum Gasteiger partial charge on any atom is -0.350 e. The number of aromatic amines is 1. The highest BCUT2D eigenvalue weighted by Gasteiger charge is 2.34. The molecular weight excluding hydrogens is 423 g/mol. The Hall–Kier alpha value is -3.54. The quantitative estimate of drug-likeness (QED) is 0.502. The molecule has 1 saturated heterocycles. The molecule has 1 aliphatic heterocycles.